The SMILES string of the molecule is CC(=O)N1Cc2ccccc2CC1C(=O)N(C)CC(C)(C)O. The van der Waals surface area contributed by atoms with E-state index in [0.717, 1.165) is 11.1 Å². The van der Waals surface area contributed by atoms with Crippen LogP contribution in [0.5, 0.6) is 0 Å². The van der Waals surface area contributed by atoms with E-state index in [1.807, 2.05) is 24.3 Å². The molecule has 0 aromatic heterocycles. The van der Waals surface area contributed by atoms with Gasteiger partial charge in [-0.15, -0.1) is 0 Å². The maximum absolute atomic E-state index is 12.7. The molecule has 1 aliphatic heterocycles. The third-order valence-electron chi connectivity index (χ3n) is 3.94. The van der Waals surface area contributed by atoms with Gasteiger partial charge in [0.2, 0.25) is 11.8 Å². The van der Waals surface area contributed by atoms with Gasteiger partial charge in [-0.2, -0.15) is 0 Å². The molecule has 120 valence electrons. The predicted octanol–water partition coefficient (Wildman–Crippen LogP) is 1.19. The maximum Gasteiger partial charge on any atom is 0.245 e. The second-order valence-corrected chi connectivity index (χ2v) is 6.64. The van der Waals surface area contributed by atoms with E-state index in [4.69, 9.17) is 0 Å². The average molecular weight is 304 g/mol. The zero-order chi connectivity index (χ0) is 16.5. The number of carbonyl (C=O) groups excluding carboxylic acids is 2. The Balaban J connectivity index is 2.24. The van der Waals surface area contributed by atoms with Crippen LogP contribution in [0, 0.1) is 0 Å². The van der Waals surface area contributed by atoms with Crippen molar-refractivity contribution in [2.75, 3.05) is 13.6 Å². The molecule has 1 heterocycles. The van der Waals surface area contributed by atoms with E-state index in [2.05, 4.69) is 0 Å². The van der Waals surface area contributed by atoms with Crippen LogP contribution < -0.4 is 0 Å². The first kappa shape index (κ1) is 16.5. The quantitative estimate of drug-likeness (QED) is 0.912. The number of hydrogen-bond acceptors (Lipinski definition) is 3. The lowest BCUT2D eigenvalue weighted by atomic mass is 9.93. The lowest BCUT2D eigenvalue weighted by Crippen LogP contribution is -2.54. The molecule has 1 aromatic carbocycles. The Bertz CT molecular complexity index is 578. The van der Waals surface area contributed by atoms with Gasteiger partial charge < -0.3 is 14.9 Å². The van der Waals surface area contributed by atoms with Crippen molar-refractivity contribution in [3.63, 3.8) is 0 Å². The van der Waals surface area contributed by atoms with Gasteiger partial charge in [0, 0.05) is 33.5 Å². The van der Waals surface area contributed by atoms with E-state index in [1.54, 1.807) is 25.8 Å². The second-order valence-electron chi connectivity index (χ2n) is 6.64. The number of likely N-dealkylation sites (N-methyl/N-ethyl adjacent to an activating group) is 1. The van der Waals surface area contributed by atoms with Gasteiger partial charge in [-0.3, -0.25) is 9.59 Å². The van der Waals surface area contributed by atoms with Crippen molar-refractivity contribution in [1.29, 1.82) is 0 Å². The molecule has 0 saturated heterocycles. The maximum atomic E-state index is 12.7. The first-order chi connectivity index (χ1) is 10.2. The van der Waals surface area contributed by atoms with Crippen LogP contribution in [0.3, 0.4) is 0 Å². The number of hydrogen-bond donors (Lipinski definition) is 1. The summed E-state index contributed by atoms with van der Waals surface area (Å²) in [7, 11) is 1.67. The van der Waals surface area contributed by atoms with Crippen molar-refractivity contribution in [3.05, 3.63) is 35.4 Å². The fourth-order valence-electron chi connectivity index (χ4n) is 2.99. The number of rotatable bonds is 3. The van der Waals surface area contributed by atoms with Crippen LogP contribution in [-0.4, -0.2) is 52.0 Å². The molecule has 0 aliphatic carbocycles. The molecule has 0 saturated carbocycles. The van der Waals surface area contributed by atoms with Gasteiger partial charge in [-0.05, 0) is 25.0 Å². The Labute approximate surface area is 131 Å². The van der Waals surface area contributed by atoms with Crippen molar-refractivity contribution >= 4 is 11.8 Å². The monoisotopic (exact) mass is 304 g/mol. The summed E-state index contributed by atoms with van der Waals surface area (Å²) in [4.78, 5) is 27.8. The van der Waals surface area contributed by atoms with Gasteiger partial charge in [0.15, 0.2) is 0 Å². The average Bonchev–Trinajstić information content (AvgIpc) is 2.43. The second kappa shape index (κ2) is 6.08. The molecular weight excluding hydrogens is 280 g/mol. The van der Waals surface area contributed by atoms with E-state index < -0.39 is 11.6 Å². The van der Waals surface area contributed by atoms with Gasteiger partial charge in [0.1, 0.15) is 6.04 Å². The summed E-state index contributed by atoms with van der Waals surface area (Å²) in [6, 6.07) is 7.39. The Morgan fingerprint density at radius 1 is 1.32 bits per heavy atom. The standard InChI is InChI=1S/C17H24N2O3/c1-12(20)19-10-14-8-6-5-7-13(14)9-15(19)16(21)18(4)11-17(2,3)22/h5-8,15,22H,9-11H2,1-4H3. The molecule has 1 N–H and O–H groups in total. The summed E-state index contributed by atoms with van der Waals surface area (Å²) in [5.74, 6) is -0.240. The molecule has 1 aliphatic rings. The normalized spacial score (nSPS) is 17.9. The molecule has 0 spiro atoms. The molecule has 0 fully saturated rings. The highest BCUT2D eigenvalue weighted by atomic mass is 16.3. The summed E-state index contributed by atoms with van der Waals surface area (Å²) in [6.07, 6.45) is 0.519. The minimum absolute atomic E-state index is 0.107. The Hall–Kier alpha value is -1.88. The highest BCUT2D eigenvalue weighted by Gasteiger charge is 2.35. The zero-order valence-electron chi connectivity index (χ0n) is 13.7. The van der Waals surface area contributed by atoms with Crippen LogP contribution in [-0.2, 0) is 22.6 Å². The molecule has 5 heteroatoms. The van der Waals surface area contributed by atoms with Gasteiger partial charge in [0.05, 0.1) is 5.60 Å². The zero-order valence-corrected chi connectivity index (χ0v) is 13.7. The van der Waals surface area contributed by atoms with Crippen LogP contribution in [0.25, 0.3) is 0 Å². The Morgan fingerprint density at radius 2 is 1.91 bits per heavy atom. The summed E-state index contributed by atoms with van der Waals surface area (Å²) >= 11 is 0. The largest absolute Gasteiger partial charge is 0.389 e. The van der Waals surface area contributed by atoms with Crippen LogP contribution in [0.15, 0.2) is 24.3 Å². The molecule has 1 atom stereocenters. The summed E-state index contributed by atoms with van der Waals surface area (Å²) in [5.41, 5.74) is 1.24. The Kier molecular flexibility index (Phi) is 4.56. The van der Waals surface area contributed by atoms with Gasteiger partial charge in [-0.1, -0.05) is 24.3 Å². The first-order valence-corrected chi connectivity index (χ1v) is 7.50. The third-order valence-corrected chi connectivity index (χ3v) is 3.94. The summed E-state index contributed by atoms with van der Waals surface area (Å²) in [5, 5.41) is 9.89. The van der Waals surface area contributed by atoms with Crippen LogP contribution in [0.1, 0.15) is 31.9 Å². The van der Waals surface area contributed by atoms with Gasteiger partial charge in [0.25, 0.3) is 0 Å². The minimum Gasteiger partial charge on any atom is -0.389 e. The van der Waals surface area contributed by atoms with Crippen LogP contribution in [0.2, 0.25) is 0 Å². The number of amides is 2. The number of nitrogens with zero attached hydrogens (tertiary/aromatic N) is 2. The molecular formula is C17H24N2O3. The van der Waals surface area contributed by atoms with Gasteiger partial charge >= 0.3 is 0 Å². The number of fused-ring (bicyclic) bond motifs is 1. The summed E-state index contributed by atoms with van der Waals surface area (Å²) in [6.45, 7) is 5.50. The fourth-order valence-corrected chi connectivity index (χ4v) is 2.99. The third kappa shape index (κ3) is 3.65. The minimum atomic E-state index is -0.960. The number of benzene rings is 1. The molecule has 0 bridgehead atoms. The van der Waals surface area contributed by atoms with E-state index in [-0.39, 0.29) is 18.4 Å². The Morgan fingerprint density at radius 3 is 2.45 bits per heavy atom. The van der Waals surface area contributed by atoms with Crippen molar-refractivity contribution < 1.29 is 14.7 Å². The fraction of sp³-hybridized carbons (Fsp3) is 0.529. The highest BCUT2D eigenvalue weighted by molar-refractivity contribution is 5.87. The molecule has 1 unspecified atom stereocenters. The van der Waals surface area contributed by atoms with Crippen molar-refractivity contribution in [1.82, 2.24) is 9.80 Å². The number of carbonyl (C=O) groups is 2. The van der Waals surface area contributed by atoms with Crippen molar-refractivity contribution in [2.45, 2.75) is 45.4 Å². The molecule has 0 radical (unpaired) electrons. The van der Waals surface area contributed by atoms with Gasteiger partial charge in [-0.25, -0.2) is 0 Å². The van der Waals surface area contributed by atoms with E-state index in [9.17, 15) is 14.7 Å². The van der Waals surface area contributed by atoms with E-state index >= 15 is 0 Å². The molecule has 2 amide bonds. The topological polar surface area (TPSA) is 60.9 Å². The highest BCUT2D eigenvalue weighted by Crippen LogP contribution is 2.24. The smallest absolute Gasteiger partial charge is 0.245 e. The van der Waals surface area contributed by atoms with Crippen molar-refractivity contribution in [2.24, 2.45) is 0 Å². The van der Waals surface area contributed by atoms with E-state index in [0.29, 0.717) is 13.0 Å². The predicted molar refractivity (Wildman–Crippen MR) is 84.1 cm³/mol. The first-order valence-electron chi connectivity index (χ1n) is 7.50. The van der Waals surface area contributed by atoms with E-state index in [1.165, 1.54) is 11.8 Å². The molecule has 22 heavy (non-hydrogen) atoms. The summed E-state index contributed by atoms with van der Waals surface area (Å²) < 4.78 is 0. The lowest BCUT2D eigenvalue weighted by molar-refractivity contribution is -0.146. The number of aliphatic hydroxyl groups is 1. The van der Waals surface area contributed by atoms with Crippen LogP contribution >= 0.6 is 0 Å². The molecule has 1 aromatic rings. The van der Waals surface area contributed by atoms with Crippen LogP contribution in [0.4, 0.5) is 0 Å². The molecule has 5 nitrogen and oxygen atoms in total. The van der Waals surface area contributed by atoms with Crippen molar-refractivity contribution in [3.8, 4) is 0 Å². The lowest BCUT2D eigenvalue weighted by Gasteiger charge is -2.38. The molecule has 2 rings (SSSR count).